The first-order chi connectivity index (χ1) is 9.76. The molecule has 0 aliphatic carbocycles. The van der Waals surface area contributed by atoms with Crippen LogP contribution in [0.5, 0.6) is 0 Å². The highest BCUT2D eigenvalue weighted by Crippen LogP contribution is 2.23. The summed E-state index contributed by atoms with van der Waals surface area (Å²) in [7, 11) is 4.02. The third-order valence-corrected chi connectivity index (χ3v) is 3.79. The number of rotatable bonds is 3. The molecule has 1 aromatic heterocycles. The summed E-state index contributed by atoms with van der Waals surface area (Å²) in [6.45, 7) is 2.25. The number of nitrogens with one attached hydrogen (secondary N) is 2. The average Bonchev–Trinajstić information content (AvgIpc) is 2.47. The first-order valence-corrected chi connectivity index (χ1v) is 7.16. The van der Waals surface area contributed by atoms with Crippen molar-refractivity contribution in [1.29, 1.82) is 0 Å². The quantitative estimate of drug-likeness (QED) is 0.896. The van der Waals surface area contributed by atoms with Gasteiger partial charge >= 0.3 is 0 Å². The van der Waals surface area contributed by atoms with Crippen LogP contribution >= 0.6 is 0 Å². The maximum absolute atomic E-state index is 4.59. The standard InChI is InChI=1S/C15H21N5/c1-16-15-18-13-8-4-3-7-12(13)14(19-15)17-11-6-5-9-20(2)10-11/h3-4,7-8,11H,5-6,9-10H2,1-2H3,(H2,16,17,18,19). The molecule has 1 fully saturated rings. The van der Waals surface area contributed by atoms with Crippen molar-refractivity contribution < 1.29 is 0 Å². The summed E-state index contributed by atoms with van der Waals surface area (Å²) in [6.07, 6.45) is 2.42. The van der Waals surface area contributed by atoms with Gasteiger partial charge in [-0.3, -0.25) is 0 Å². The molecule has 1 atom stereocenters. The summed E-state index contributed by atoms with van der Waals surface area (Å²) in [6, 6.07) is 8.59. The average molecular weight is 271 g/mol. The maximum atomic E-state index is 4.59. The van der Waals surface area contributed by atoms with Crippen LogP contribution in [-0.4, -0.2) is 48.1 Å². The summed E-state index contributed by atoms with van der Waals surface area (Å²) in [4.78, 5) is 11.4. The number of nitrogens with zero attached hydrogens (tertiary/aromatic N) is 3. The van der Waals surface area contributed by atoms with E-state index in [2.05, 4.69) is 38.6 Å². The summed E-state index contributed by atoms with van der Waals surface area (Å²) in [5.41, 5.74) is 0.971. The van der Waals surface area contributed by atoms with Crippen LogP contribution in [0.2, 0.25) is 0 Å². The molecule has 1 unspecified atom stereocenters. The van der Waals surface area contributed by atoms with Gasteiger partial charge in [-0.25, -0.2) is 4.98 Å². The second-order valence-corrected chi connectivity index (χ2v) is 5.41. The van der Waals surface area contributed by atoms with Gasteiger partial charge in [0.1, 0.15) is 5.82 Å². The molecule has 1 aromatic carbocycles. The van der Waals surface area contributed by atoms with E-state index in [0.29, 0.717) is 12.0 Å². The number of para-hydroxylation sites is 1. The Hall–Kier alpha value is -1.88. The molecule has 1 aliphatic rings. The topological polar surface area (TPSA) is 53.1 Å². The van der Waals surface area contributed by atoms with Crippen LogP contribution in [0.4, 0.5) is 11.8 Å². The van der Waals surface area contributed by atoms with Crippen LogP contribution in [0.3, 0.4) is 0 Å². The van der Waals surface area contributed by atoms with E-state index < -0.39 is 0 Å². The number of aromatic nitrogens is 2. The normalized spacial score (nSPS) is 20.0. The molecule has 0 amide bonds. The van der Waals surface area contributed by atoms with Crippen molar-refractivity contribution in [3.63, 3.8) is 0 Å². The number of hydrogen-bond donors (Lipinski definition) is 2. The highest BCUT2D eigenvalue weighted by molar-refractivity contribution is 5.90. The Balaban J connectivity index is 1.93. The molecule has 2 N–H and O–H groups in total. The molecule has 0 saturated carbocycles. The zero-order chi connectivity index (χ0) is 13.9. The fourth-order valence-electron chi connectivity index (χ4n) is 2.78. The fourth-order valence-corrected chi connectivity index (χ4v) is 2.78. The fraction of sp³-hybridized carbons (Fsp3) is 0.467. The lowest BCUT2D eigenvalue weighted by Gasteiger charge is -2.30. The molecule has 106 valence electrons. The van der Waals surface area contributed by atoms with Gasteiger partial charge in [0.25, 0.3) is 0 Å². The van der Waals surface area contributed by atoms with E-state index in [9.17, 15) is 0 Å². The minimum atomic E-state index is 0.455. The third-order valence-electron chi connectivity index (χ3n) is 3.79. The SMILES string of the molecule is CNc1nc(NC2CCCN(C)C2)c2ccccc2n1. The van der Waals surface area contributed by atoms with Crippen molar-refractivity contribution in [2.24, 2.45) is 0 Å². The number of piperidine rings is 1. The lowest BCUT2D eigenvalue weighted by atomic mass is 10.1. The molecule has 5 heteroatoms. The van der Waals surface area contributed by atoms with Gasteiger partial charge in [-0.1, -0.05) is 12.1 Å². The highest BCUT2D eigenvalue weighted by atomic mass is 15.2. The van der Waals surface area contributed by atoms with Gasteiger partial charge in [-0.05, 0) is 38.6 Å². The molecule has 1 saturated heterocycles. The van der Waals surface area contributed by atoms with E-state index in [1.165, 1.54) is 19.4 Å². The number of fused-ring (bicyclic) bond motifs is 1. The first-order valence-electron chi connectivity index (χ1n) is 7.16. The second-order valence-electron chi connectivity index (χ2n) is 5.41. The van der Waals surface area contributed by atoms with E-state index in [-0.39, 0.29) is 0 Å². The van der Waals surface area contributed by atoms with Crippen LogP contribution in [0, 0.1) is 0 Å². The van der Waals surface area contributed by atoms with Gasteiger partial charge in [0, 0.05) is 25.0 Å². The first kappa shape index (κ1) is 13.1. The van der Waals surface area contributed by atoms with E-state index in [0.717, 1.165) is 23.3 Å². The molecule has 1 aliphatic heterocycles. The Morgan fingerprint density at radius 1 is 1.25 bits per heavy atom. The van der Waals surface area contributed by atoms with Crippen molar-refractivity contribution in [2.45, 2.75) is 18.9 Å². The number of likely N-dealkylation sites (tertiary alicyclic amines) is 1. The molecule has 5 nitrogen and oxygen atoms in total. The van der Waals surface area contributed by atoms with Crippen LogP contribution in [0.25, 0.3) is 10.9 Å². The van der Waals surface area contributed by atoms with Crippen LogP contribution < -0.4 is 10.6 Å². The number of anilines is 2. The molecule has 2 aromatic rings. The van der Waals surface area contributed by atoms with Gasteiger partial charge in [-0.15, -0.1) is 0 Å². The van der Waals surface area contributed by atoms with Gasteiger partial charge in [-0.2, -0.15) is 4.98 Å². The Kier molecular flexibility index (Phi) is 3.69. The lowest BCUT2D eigenvalue weighted by molar-refractivity contribution is 0.261. The van der Waals surface area contributed by atoms with E-state index >= 15 is 0 Å². The smallest absolute Gasteiger partial charge is 0.224 e. The van der Waals surface area contributed by atoms with Crippen molar-refractivity contribution >= 4 is 22.7 Å². The Morgan fingerprint density at radius 2 is 2.10 bits per heavy atom. The predicted molar refractivity (Wildman–Crippen MR) is 83.2 cm³/mol. The zero-order valence-electron chi connectivity index (χ0n) is 12.1. The maximum Gasteiger partial charge on any atom is 0.224 e. The Labute approximate surface area is 119 Å². The number of benzene rings is 1. The van der Waals surface area contributed by atoms with Gasteiger partial charge < -0.3 is 15.5 Å². The molecule has 0 radical (unpaired) electrons. The monoisotopic (exact) mass is 271 g/mol. The van der Waals surface area contributed by atoms with Crippen molar-refractivity contribution in [2.75, 3.05) is 37.8 Å². The van der Waals surface area contributed by atoms with E-state index in [1.54, 1.807) is 0 Å². The van der Waals surface area contributed by atoms with Crippen molar-refractivity contribution in [1.82, 2.24) is 14.9 Å². The highest BCUT2D eigenvalue weighted by Gasteiger charge is 2.18. The van der Waals surface area contributed by atoms with Crippen molar-refractivity contribution in [3.8, 4) is 0 Å². The summed E-state index contributed by atoms with van der Waals surface area (Å²) < 4.78 is 0. The van der Waals surface area contributed by atoms with Gasteiger partial charge in [0.15, 0.2) is 0 Å². The third kappa shape index (κ3) is 2.67. The molecule has 0 spiro atoms. The molecule has 20 heavy (non-hydrogen) atoms. The summed E-state index contributed by atoms with van der Waals surface area (Å²) in [5, 5.41) is 7.71. The minimum absolute atomic E-state index is 0.455. The number of likely N-dealkylation sites (N-methyl/N-ethyl adjacent to an activating group) is 1. The molecule has 0 bridgehead atoms. The Bertz CT molecular complexity index is 598. The lowest BCUT2D eigenvalue weighted by Crippen LogP contribution is -2.40. The molecule has 2 heterocycles. The zero-order valence-corrected chi connectivity index (χ0v) is 12.1. The summed E-state index contributed by atoms with van der Waals surface area (Å²) in [5.74, 6) is 1.59. The van der Waals surface area contributed by atoms with Gasteiger partial charge in [0.05, 0.1) is 5.52 Å². The van der Waals surface area contributed by atoms with Gasteiger partial charge in [0.2, 0.25) is 5.95 Å². The van der Waals surface area contributed by atoms with Crippen LogP contribution in [0.1, 0.15) is 12.8 Å². The largest absolute Gasteiger partial charge is 0.365 e. The molecular weight excluding hydrogens is 250 g/mol. The minimum Gasteiger partial charge on any atom is -0.365 e. The molecule has 3 rings (SSSR count). The predicted octanol–water partition coefficient (Wildman–Crippen LogP) is 2.18. The summed E-state index contributed by atoms with van der Waals surface area (Å²) >= 11 is 0. The Morgan fingerprint density at radius 3 is 2.90 bits per heavy atom. The van der Waals surface area contributed by atoms with Crippen molar-refractivity contribution in [3.05, 3.63) is 24.3 Å². The molecular formula is C15H21N5. The second kappa shape index (κ2) is 5.63. The van der Waals surface area contributed by atoms with Crippen LogP contribution in [-0.2, 0) is 0 Å². The van der Waals surface area contributed by atoms with Crippen LogP contribution in [0.15, 0.2) is 24.3 Å². The van der Waals surface area contributed by atoms with E-state index in [1.807, 2.05) is 25.2 Å². The van der Waals surface area contributed by atoms with E-state index in [4.69, 9.17) is 0 Å². The number of hydrogen-bond acceptors (Lipinski definition) is 5.